The van der Waals surface area contributed by atoms with Crippen molar-refractivity contribution < 1.29 is 14.3 Å². The molecule has 1 aliphatic heterocycles. The molecule has 0 bridgehead atoms. The van der Waals surface area contributed by atoms with Crippen molar-refractivity contribution in [2.45, 2.75) is 6.04 Å². The molecular weight excluding hydrogens is 348 g/mol. The summed E-state index contributed by atoms with van der Waals surface area (Å²) in [7, 11) is 3.36. The van der Waals surface area contributed by atoms with Crippen molar-refractivity contribution in [3.05, 3.63) is 21.6 Å². The molecule has 1 amide bonds. The minimum absolute atomic E-state index is 0.0172. The quantitative estimate of drug-likeness (QED) is 0.862. The lowest BCUT2D eigenvalue weighted by Crippen LogP contribution is -2.39. The fourth-order valence-electron chi connectivity index (χ4n) is 2.18. The maximum absolute atomic E-state index is 12.3. The van der Waals surface area contributed by atoms with Crippen LogP contribution in [0.2, 0.25) is 5.02 Å². The molecule has 2 unspecified atom stereocenters. The zero-order valence-electron chi connectivity index (χ0n) is 11.2. The first-order valence-electron chi connectivity index (χ1n) is 6.15. The van der Waals surface area contributed by atoms with Gasteiger partial charge in [-0.1, -0.05) is 11.6 Å². The molecule has 2 N–H and O–H groups in total. The first-order valence-corrected chi connectivity index (χ1v) is 7.32. The highest BCUT2D eigenvalue weighted by Gasteiger charge is 2.33. The Morgan fingerprint density at radius 3 is 2.90 bits per heavy atom. The largest absolute Gasteiger partial charge is 0.493 e. The molecule has 1 heterocycles. The van der Waals surface area contributed by atoms with E-state index in [2.05, 4.69) is 26.6 Å². The number of carbonyl (C=O) groups is 1. The van der Waals surface area contributed by atoms with Gasteiger partial charge >= 0.3 is 0 Å². The normalized spacial score (nSPS) is 21.8. The number of benzene rings is 1. The third-order valence-electron chi connectivity index (χ3n) is 3.26. The molecule has 0 aliphatic carbocycles. The maximum atomic E-state index is 12.3. The van der Waals surface area contributed by atoms with Crippen LogP contribution in [0.25, 0.3) is 0 Å². The number of anilines is 1. The van der Waals surface area contributed by atoms with E-state index in [9.17, 15) is 4.79 Å². The number of methoxy groups -OCH3 is 1. The number of likely N-dealkylation sites (N-methyl/N-ethyl adjacent to an activating group) is 1. The van der Waals surface area contributed by atoms with Gasteiger partial charge < -0.3 is 20.1 Å². The number of hydrogen-bond acceptors (Lipinski definition) is 4. The summed E-state index contributed by atoms with van der Waals surface area (Å²) in [5, 5.41) is 6.45. The van der Waals surface area contributed by atoms with Crippen LogP contribution in [0.4, 0.5) is 5.69 Å². The van der Waals surface area contributed by atoms with Gasteiger partial charge in [0.15, 0.2) is 5.75 Å². The van der Waals surface area contributed by atoms with Crippen molar-refractivity contribution in [1.29, 1.82) is 0 Å². The maximum Gasteiger partial charge on any atom is 0.231 e. The van der Waals surface area contributed by atoms with Crippen molar-refractivity contribution >= 4 is 39.1 Å². The average molecular weight is 364 g/mol. The molecule has 2 atom stereocenters. The first-order chi connectivity index (χ1) is 9.56. The second kappa shape index (κ2) is 6.76. The number of amides is 1. The Labute approximate surface area is 131 Å². The molecule has 5 nitrogen and oxygen atoms in total. The molecule has 110 valence electrons. The van der Waals surface area contributed by atoms with E-state index >= 15 is 0 Å². The van der Waals surface area contributed by atoms with E-state index in [0.717, 1.165) is 0 Å². The predicted molar refractivity (Wildman–Crippen MR) is 81.5 cm³/mol. The first kappa shape index (κ1) is 15.6. The fraction of sp³-hybridized carbons (Fsp3) is 0.462. The monoisotopic (exact) mass is 362 g/mol. The topological polar surface area (TPSA) is 59.6 Å². The Kier molecular flexibility index (Phi) is 5.26. The van der Waals surface area contributed by atoms with Crippen LogP contribution >= 0.6 is 27.5 Å². The molecule has 1 fully saturated rings. The fourth-order valence-corrected chi connectivity index (χ4v) is 3.16. The minimum Gasteiger partial charge on any atom is -0.493 e. The lowest BCUT2D eigenvalue weighted by molar-refractivity contribution is -0.120. The number of carbonyl (C=O) groups excluding carboxylic acids is 1. The van der Waals surface area contributed by atoms with E-state index in [0.29, 0.717) is 34.1 Å². The molecule has 2 rings (SSSR count). The van der Waals surface area contributed by atoms with Gasteiger partial charge in [-0.15, -0.1) is 0 Å². The molecule has 1 aliphatic rings. The summed E-state index contributed by atoms with van der Waals surface area (Å²) in [6.07, 6.45) is 0. The molecule has 0 radical (unpaired) electrons. The van der Waals surface area contributed by atoms with Crippen LogP contribution in [-0.4, -0.2) is 39.3 Å². The summed E-state index contributed by atoms with van der Waals surface area (Å²) < 4.78 is 11.3. The molecule has 0 saturated carbocycles. The highest BCUT2D eigenvalue weighted by molar-refractivity contribution is 9.10. The van der Waals surface area contributed by atoms with Gasteiger partial charge in [-0.2, -0.15) is 0 Å². The molecule has 1 aromatic rings. The highest BCUT2D eigenvalue weighted by Crippen LogP contribution is 2.36. The smallest absolute Gasteiger partial charge is 0.231 e. The van der Waals surface area contributed by atoms with Gasteiger partial charge in [0, 0.05) is 11.1 Å². The predicted octanol–water partition coefficient (Wildman–Crippen LogP) is 2.28. The van der Waals surface area contributed by atoms with Crippen molar-refractivity contribution in [3.63, 3.8) is 0 Å². The van der Waals surface area contributed by atoms with Gasteiger partial charge in [0.2, 0.25) is 5.91 Å². The number of hydrogen-bond donors (Lipinski definition) is 2. The number of halogens is 2. The molecule has 1 saturated heterocycles. The molecular formula is C13H16BrClN2O3. The molecule has 0 spiro atoms. The van der Waals surface area contributed by atoms with Crippen molar-refractivity contribution in [1.82, 2.24) is 5.32 Å². The summed E-state index contributed by atoms with van der Waals surface area (Å²) in [5.41, 5.74) is 0.540. The van der Waals surface area contributed by atoms with E-state index in [1.54, 1.807) is 19.2 Å². The van der Waals surface area contributed by atoms with Crippen LogP contribution in [-0.2, 0) is 9.53 Å². The Hall–Kier alpha value is -0.820. The van der Waals surface area contributed by atoms with Crippen LogP contribution in [0.3, 0.4) is 0 Å². The zero-order chi connectivity index (χ0) is 14.7. The standard InChI is InChI=1S/C13H16BrClN2O3/c1-16-11-6-20-5-8(11)13(18)17-10-4-7(15)3-9(14)12(10)19-2/h3-4,8,11,16H,5-6H2,1-2H3,(H,17,18). The van der Waals surface area contributed by atoms with Crippen molar-refractivity contribution in [3.8, 4) is 5.75 Å². The summed E-state index contributed by atoms with van der Waals surface area (Å²) in [5.74, 6) is 0.194. The van der Waals surface area contributed by atoms with Crippen LogP contribution < -0.4 is 15.4 Å². The Morgan fingerprint density at radius 2 is 2.25 bits per heavy atom. The Bertz CT molecular complexity index is 513. The molecule has 7 heteroatoms. The lowest BCUT2D eigenvalue weighted by Gasteiger charge is -2.18. The second-order valence-electron chi connectivity index (χ2n) is 4.50. The molecule has 20 heavy (non-hydrogen) atoms. The molecule has 1 aromatic carbocycles. The second-order valence-corrected chi connectivity index (χ2v) is 5.79. The van der Waals surface area contributed by atoms with Crippen LogP contribution in [0.5, 0.6) is 5.75 Å². The van der Waals surface area contributed by atoms with Crippen LogP contribution in [0.1, 0.15) is 0 Å². The van der Waals surface area contributed by atoms with E-state index in [-0.39, 0.29) is 17.9 Å². The van der Waals surface area contributed by atoms with Gasteiger partial charge in [-0.05, 0) is 35.1 Å². The number of rotatable bonds is 4. The zero-order valence-corrected chi connectivity index (χ0v) is 13.5. The van der Waals surface area contributed by atoms with E-state index in [4.69, 9.17) is 21.1 Å². The van der Waals surface area contributed by atoms with E-state index in [1.807, 2.05) is 7.05 Å². The third kappa shape index (κ3) is 3.25. The summed E-state index contributed by atoms with van der Waals surface area (Å²) in [4.78, 5) is 12.3. The molecule has 0 aromatic heterocycles. The number of ether oxygens (including phenoxy) is 2. The van der Waals surface area contributed by atoms with Gasteiger partial charge in [0.05, 0.1) is 36.4 Å². The van der Waals surface area contributed by atoms with Crippen molar-refractivity contribution in [2.75, 3.05) is 32.7 Å². The van der Waals surface area contributed by atoms with Gasteiger partial charge in [0.1, 0.15) is 0 Å². The summed E-state index contributed by atoms with van der Waals surface area (Å²) in [6.45, 7) is 0.937. The summed E-state index contributed by atoms with van der Waals surface area (Å²) in [6, 6.07) is 3.39. The average Bonchev–Trinajstić information content (AvgIpc) is 2.86. The van der Waals surface area contributed by atoms with Crippen LogP contribution in [0, 0.1) is 5.92 Å². The van der Waals surface area contributed by atoms with Gasteiger partial charge in [0.25, 0.3) is 0 Å². The van der Waals surface area contributed by atoms with Gasteiger partial charge in [-0.25, -0.2) is 0 Å². The SMILES string of the molecule is CNC1COCC1C(=O)Nc1cc(Cl)cc(Br)c1OC. The Morgan fingerprint density at radius 1 is 1.50 bits per heavy atom. The third-order valence-corrected chi connectivity index (χ3v) is 4.07. The van der Waals surface area contributed by atoms with Crippen molar-refractivity contribution in [2.24, 2.45) is 5.92 Å². The van der Waals surface area contributed by atoms with Crippen LogP contribution in [0.15, 0.2) is 16.6 Å². The lowest BCUT2D eigenvalue weighted by atomic mass is 10.0. The van der Waals surface area contributed by atoms with E-state index < -0.39 is 0 Å². The Balaban J connectivity index is 2.19. The number of nitrogens with one attached hydrogen (secondary N) is 2. The minimum atomic E-state index is -0.234. The highest BCUT2D eigenvalue weighted by atomic mass is 79.9. The van der Waals surface area contributed by atoms with Gasteiger partial charge in [-0.3, -0.25) is 4.79 Å². The van der Waals surface area contributed by atoms with E-state index in [1.165, 1.54) is 0 Å². The summed E-state index contributed by atoms with van der Waals surface area (Å²) >= 11 is 9.36.